The van der Waals surface area contributed by atoms with Gasteiger partial charge in [-0.05, 0) is 24.3 Å². The van der Waals surface area contributed by atoms with Crippen LogP contribution in [0.4, 0.5) is 0 Å². The van der Waals surface area contributed by atoms with Crippen LogP contribution in [-0.2, 0) is 0 Å². The zero-order valence-corrected chi connectivity index (χ0v) is 11.4. The van der Waals surface area contributed by atoms with Gasteiger partial charge in [0.2, 0.25) is 0 Å². The van der Waals surface area contributed by atoms with Crippen molar-refractivity contribution in [2.24, 2.45) is 0 Å². The summed E-state index contributed by atoms with van der Waals surface area (Å²) in [6, 6.07) is 7.99. The van der Waals surface area contributed by atoms with Gasteiger partial charge in [-0.25, -0.2) is 0 Å². The molecule has 2 rings (SSSR count). The van der Waals surface area contributed by atoms with E-state index in [9.17, 15) is 0 Å². The molecule has 0 bridgehead atoms. The number of nitrogens with zero attached hydrogens (tertiary/aromatic N) is 1. The summed E-state index contributed by atoms with van der Waals surface area (Å²) in [5.74, 6) is 0.849. The normalized spacial score (nSPS) is 11.1. The van der Waals surface area contributed by atoms with Gasteiger partial charge >= 0.3 is 0 Å². The molecule has 2 aromatic rings. The predicted octanol–water partition coefficient (Wildman–Crippen LogP) is 3.27. The van der Waals surface area contributed by atoms with E-state index in [1.54, 1.807) is 6.20 Å². The van der Waals surface area contributed by atoms with Crippen molar-refractivity contribution in [1.82, 2.24) is 10.3 Å². The van der Waals surface area contributed by atoms with Crippen LogP contribution in [0.15, 0.2) is 30.5 Å². The fourth-order valence-corrected chi connectivity index (χ4v) is 1.90. The van der Waals surface area contributed by atoms with Crippen LogP contribution in [0.5, 0.6) is 5.75 Å². The maximum Gasteiger partial charge on any atom is 0.130 e. The number of hydrogen-bond donors (Lipinski definition) is 1. The number of rotatable bonds is 5. The highest BCUT2D eigenvalue weighted by molar-refractivity contribution is 6.31. The number of aromatic nitrogens is 1. The summed E-state index contributed by atoms with van der Waals surface area (Å²) in [6.07, 6.45) is 1.74. The van der Waals surface area contributed by atoms with Crippen LogP contribution >= 0.6 is 11.6 Å². The molecule has 3 nitrogen and oxygen atoms in total. The molecule has 0 aliphatic heterocycles. The van der Waals surface area contributed by atoms with Crippen molar-refractivity contribution in [2.75, 3.05) is 13.2 Å². The lowest BCUT2D eigenvalue weighted by molar-refractivity contribution is 0.312. The molecule has 4 heteroatoms. The molecular weight excluding hydrogens is 248 g/mol. The molecule has 0 unspecified atom stereocenters. The summed E-state index contributed by atoms with van der Waals surface area (Å²) in [4.78, 5) is 4.28. The van der Waals surface area contributed by atoms with Gasteiger partial charge in [0.25, 0.3) is 0 Å². The molecule has 0 aliphatic rings. The first-order valence-corrected chi connectivity index (χ1v) is 6.45. The van der Waals surface area contributed by atoms with Gasteiger partial charge in [0.05, 0.1) is 5.52 Å². The van der Waals surface area contributed by atoms with Crippen molar-refractivity contribution in [3.05, 3.63) is 35.5 Å². The molecule has 18 heavy (non-hydrogen) atoms. The van der Waals surface area contributed by atoms with E-state index in [1.165, 1.54) is 0 Å². The molecule has 0 aliphatic carbocycles. The Labute approximate surface area is 112 Å². The molecule has 0 radical (unpaired) electrons. The second-order valence-electron chi connectivity index (χ2n) is 4.43. The third-order valence-corrected chi connectivity index (χ3v) is 2.81. The zero-order chi connectivity index (χ0) is 13.0. The van der Waals surface area contributed by atoms with E-state index in [2.05, 4.69) is 24.1 Å². The first-order chi connectivity index (χ1) is 8.66. The summed E-state index contributed by atoms with van der Waals surface area (Å²) in [5.41, 5.74) is 0.858. The average molecular weight is 265 g/mol. The Hall–Kier alpha value is -1.32. The molecule has 0 saturated carbocycles. The van der Waals surface area contributed by atoms with Gasteiger partial charge < -0.3 is 10.1 Å². The topological polar surface area (TPSA) is 34.1 Å². The van der Waals surface area contributed by atoms with Crippen molar-refractivity contribution >= 4 is 22.5 Å². The second-order valence-corrected chi connectivity index (χ2v) is 4.86. The van der Waals surface area contributed by atoms with Crippen molar-refractivity contribution in [2.45, 2.75) is 19.9 Å². The van der Waals surface area contributed by atoms with Crippen molar-refractivity contribution < 1.29 is 4.74 Å². The largest absolute Gasteiger partial charge is 0.492 e. The minimum atomic E-state index is 0.474. The van der Waals surface area contributed by atoms with E-state index < -0.39 is 0 Å². The third kappa shape index (κ3) is 3.34. The van der Waals surface area contributed by atoms with Gasteiger partial charge in [-0.1, -0.05) is 25.4 Å². The maximum absolute atomic E-state index is 5.94. The van der Waals surface area contributed by atoms with Gasteiger partial charge in [-0.2, -0.15) is 0 Å². The highest BCUT2D eigenvalue weighted by Crippen LogP contribution is 2.25. The van der Waals surface area contributed by atoms with Crippen LogP contribution in [0.3, 0.4) is 0 Å². The monoisotopic (exact) mass is 264 g/mol. The Morgan fingerprint density at radius 1 is 1.33 bits per heavy atom. The molecule has 0 fully saturated rings. The number of pyridine rings is 1. The molecule has 1 N–H and O–H groups in total. The molecule has 1 heterocycles. The second kappa shape index (κ2) is 6.03. The Balaban J connectivity index is 2.08. The van der Waals surface area contributed by atoms with Gasteiger partial charge in [0.15, 0.2) is 0 Å². The van der Waals surface area contributed by atoms with E-state index in [-0.39, 0.29) is 0 Å². The van der Waals surface area contributed by atoms with E-state index in [0.717, 1.165) is 23.2 Å². The average Bonchev–Trinajstić information content (AvgIpc) is 2.34. The number of hydrogen-bond acceptors (Lipinski definition) is 3. The first-order valence-electron chi connectivity index (χ1n) is 6.07. The van der Waals surface area contributed by atoms with Gasteiger partial charge in [0, 0.05) is 29.2 Å². The van der Waals surface area contributed by atoms with Gasteiger partial charge in [-0.3, -0.25) is 4.98 Å². The molecule has 0 spiro atoms. The highest BCUT2D eigenvalue weighted by Gasteiger charge is 2.03. The lowest BCUT2D eigenvalue weighted by Crippen LogP contribution is -2.27. The summed E-state index contributed by atoms with van der Waals surface area (Å²) in [5, 5.41) is 4.99. The van der Waals surface area contributed by atoms with Crippen LogP contribution in [0.1, 0.15) is 13.8 Å². The van der Waals surface area contributed by atoms with Gasteiger partial charge in [0.1, 0.15) is 12.4 Å². The molecule has 96 valence electrons. The predicted molar refractivity (Wildman–Crippen MR) is 75.4 cm³/mol. The van der Waals surface area contributed by atoms with Crippen LogP contribution in [-0.4, -0.2) is 24.2 Å². The fraction of sp³-hybridized carbons (Fsp3) is 0.357. The van der Waals surface area contributed by atoms with Gasteiger partial charge in [-0.15, -0.1) is 0 Å². The highest BCUT2D eigenvalue weighted by atomic mass is 35.5. The van der Waals surface area contributed by atoms with Crippen molar-refractivity contribution in [3.8, 4) is 5.75 Å². The smallest absolute Gasteiger partial charge is 0.130 e. The summed E-state index contributed by atoms with van der Waals surface area (Å²) in [6.45, 7) is 5.70. The van der Waals surface area contributed by atoms with Crippen LogP contribution in [0, 0.1) is 0 Å². The van der Waals surface area contributed by atoms with E-state index in [4.69, 9.17) is 16.3 Å². The number of benzene rings is 1. The van der Waals surface area contributed by atoms with Crippen LogP contribution < -0.4 is 10.1 Å². The Kier molecular flexibility index (Phi) is 4.39. The lowest BCUT2D eigenvalue weighted by atomic mass is 10.2. The molecule has 0 saturated heterocycles. The quantitative estimate of drug-likeness (QED) is 0.842. The molecule has 0 atom stereocenters. The van der Waals surface area contributed by atoms with Crippen molar-refractivity contribution in [3.63, 3.8) is 0 Å². The Bertz CT molecular complexity index is 528. The molecule has 1 aromatic heterocycles. The zero-order valence-electron chi connectivity index (χ0n) is 10.6. The lowest BCUT2D eigenvalue weighted by Gasteiger charge is -2.11. The molecule has 1 aromatic carbocycles. The number of fused-ring (bicyclic) bond motifs is 1. The number of nitrogens with one attached hydrogen (secondary N) is 1. The van der Waals surface area contributed by atoms with Crippen molar-refractivity contribution in [1.29, 1.82) is 0 Å². The fourth-order valence-electron chi connectivity index (χ4n) is 1.73. The Morgan fingerprint density at radius 2 is 2.17 bits per heavy atom. The Morgan fingerprint density at radius 3 is 2.94 bits per heavy atom. The summed E-state index contributed by atoms with van der Waals surface area (Å²) < 4.78 is 5.76. The first kappa shape index (κ1) is 13.1. The minimum absolute atomic E-state index is 0.474. The van der Waals surface area contributed by atoms with E-state index in [0.29, 0.717) is 17.7 Å². The van der Waals surface area contributed by atoms with E-state index >= 15 is 0 Å². The minimum Gasteiger partial charge on any atom is -0.492 e. The maximum atomic E-state index is 5.94. The standard InChI is InChI=1S/C14H17ClN2O/c1-10(2)16-7-8-18-14-5-6-17-13-9-11(15)3-4-12(13)14/h3-6,9-10,16H,7-8H2,1-2H3. The molecular formula is C14H17ClN2O. The summed E-state index contributed by atoms with van der Waals surface area (Å²) >= 11 is 5.94. The number of ether oxygens (including phenoxy) is 1. The van der Waals surface area contributed by atoms with Crippen LogP contribution in [0.2, 0.25) is 5.02 Å². The third-order valence-electron chi connectivity index (χ3n) is 2.58. The van der Waals surface area contributed by atoms with E-state index in [1.807, 2.05) is 24.3 Å². The van der Waals surface area contributed by atoms with Crippen LogP contribution in [0.25, 0.3) is 10.9 Å². The summed E-state index contributed by atoms with van der Waals surface area (Å²) in [7, 11) is 0. The molecule has 0 amide bonds. The number of halogens is 1. The SMILES string of the molecule is CC(C)NCCOc1ccnc2cc(Cl)ccc12.